The summed E-state index contributed by atoms with van der Waals surface area (Å²) in [6.07, 6.45) is 7.21. The normalized spacial score (nSPS) is 18.2. The lowest BCUT2D eigenvalue weighted by atomic mass is 10.0. The topological polar surface area (TPSA) is 59.4 Å². The van der Waals surface area contributed by atoms with Gasteiger partial charge < -0.3 is 10.1 Å². The lowest BCUT2D eigenvalue weighted by Crippen LogP contribution is -2.37. The number of carbonyl (C=O) groups excluding carboxylic acids is 1. The minimum absolute atomic E-state index is 0.327. The summed E-state index contributed by atoms with van der Waals surface area (Å²) in [4.78, 5) is 14.3. The molecule has 2 aliphatic rings. The molecule has 4 rings (SSSR count). The van der Waals surface area contributed by atoms with Gasteiger partial charge in [0.2, 0.25) is 0 Å². The third-order valence-electron chi connectivity index (χ3n) is 4.80. The number of amides is 1. The number of aromatic nitrogens is 2. The predicted octanol–water partition coefficient (Wildman–Crippen LogP) is 2.76. The van der Waals surface area contributed by atoms with Gasteiger partial charge >= 0.3 is 6.09 Å². The summed E-state index contributed by atoms with van der Waals surface area (Å²) >= 11 is 0. The maximum Gasteiger partial charge on any atom is 0.419 e. The molecule has 1 N–H and O–H groups in total. The van der Waals surface area contributed by atoms with Crippen LogP contribution in [0.2, 0.25) is 0 Å². The van der Waals surface area contributed by atoms with Crippen LogP contribution < -0.4 is 15.0 Å². The smallest absolute Gasteiger partial charge is 0.407 e. The number of nitrogens with one attached hydrogen (secondary N) is 1. The van der Waals surface area contributed by atoms with Crippen molar-refractivity contribution in [3.8, 4) is 5.75 Å². The number of anilines is 1. The van der Waals surface area contributed by atoms with Crippen LogP contribution in [0, 0.1) is 0 Å². The quantitative estimate of drug-likeness (QED) is 0.922. The number of nitrogens with zero attached hydrogens (tertiary/aromatic N) is 3. The minimum atomic E-state index is -0.327. The van der Waals surface area contributed by atoms with Gasteiger partial charge in [0.05, 0.1) is 24.1 Å². The first-order valence-electron chi connectivity index (χ1n) is 8.63. The summed E-state index contributed by atoms with van der Waals surface area (Å²) in [5.41, 5.74) is 2.16. The third kappa shape index (κ3) is 3.01. The Morgan fingerprint density at radius 2 is 2.08 bits per heavy atom. The summed E-state index contributed by atoms with van der Waals surface area (Å²) in [7, 11) is 0. The first-order valence-corrected chi connectivity index (χ1v) is 8.63. The molecule has 0 spiro atoms. The molecule has 0 bridgehead atoms. The summed E-state index contributed by atoms with van der Waals surface area (Å²) < 4.78 is 7.49. The number of rotatable bonds is 2. The van der Waals surface area contributed by atoms with Gasteiger partial charge in [-0.3, -0.25) is 9.58 Å². The van der Waals surface area contributed by atoms with Crippen LogP contribution >= 0.6 is 0 Å². The van der Waals surface area contributed by atoms with Crippen LogP contribution in [0.25, 0.3) is 0 Å². The molecule has 0 aliphatic carbocycles. The Bertz CT molecular complexity index is 721. The molecule has 24 heavy (non-hydrogen) atoms. The molecule has 6 nitrogen and oxygen atoms in total. The van der Waals surface area contributed by atoms with E-state index in [1.807, 2.05) is 29.1 Å². The third-order valence-corrected chi connectivity index (χ3v) is 4.80. The van der Waals surface area contributed by atoms with Crippen LogP contribution in [0.5, 0.6) is 5.75 Å². The molecule has 0 unspecified atom stereocenters. The monoisotopic (exact) mass is 326 g/mol. The number of hydrogen-bond donors (Lipinski definition) is 1. The second-order valence-electron chi connectivity index (χ2n) is 6.39. The SMILES string of the molecule is O=C(Oc1cnn(C2CCNCC2)c1)N1CCCc2ccccc21. The fraction of sp³-hybridized carbons (Fsp3) is 0.444. The van der Waals surface area contributed by atoms with Crippen molar-refractivity contribution in [2.24, 2.45) is 0 Å². The molecule has 1 aromatic heterocycles. The summed E-state index contributed by atoms with van der Waals surface area (Å²) in [6.45, 7) is 2.70. The minimum Gasteiger partial charge on any atom is -0.407 e. The van der Waals surface area contributed by atoms with Crippen LogP contribution in [0.15, 0.2) is 36.7 Å². The van der Waals surface area contributed by atoms with E-state index >= 15 is 0 Å². The van der Waals surface area contributed by atoms with E-state index in [9.17, 15) is 4.79 Å². The summed E-state index contributed by atoms with van der Waals surface area (Å²) in [6, 6.07) is 8.41. The van der Waals surface area contributed by atoms with Gasteiger partial charge in [-0.25, -0.2) is 4.79 Å². The standard InChI is InChI=1S/C18H22N4O2/c23-18(21-11-3-5-14-4-1-2-6-17(14)21)24-16-12-20-22(13-16)15-7-9-19-10-8-15/h1-2,4,6,12-13,15,19H,3,5,7-11H2. The van der Waals surface area contributed by atoms with Crippen LogP contribution in [0.4, 0.5) is 10.5 Å². The average Bonchev–Trinajstić information content (AvgIpc) is 3.10. The number of para-hydroxylation sites is 1. The number of carbonyl (C=O) groups is 1. The van der Waals surface area contributed by atoms with Gasteiger partial charge in [0, 0.05) is 6.54 Å². The van der Waals surface area contributed by atoms with Gasteiger partial charge in [0.1, 0.15) is 0 Å². The predicted molar refractivity (Wildman–Crippen MR) is 91.5 cm³/mol. The van der Waals surface area contributed by atoms with E-state index in [0.717, 1.165) is 44.5 Å². The molecule has 2 aromatic rings. The summed E-state index contributed by atoms with van der Waals surface area (Å²) in [5.74, 6) is 0.515. The van der Waals surface area contributed by atoms with Crippen molar-refractivity contribution in [2.75, 3.05) is 24.5 Å². The van der Waals surface area contributed by atoms with Gasteiger partial charge in [-0.15, -0.1) is 0 Å². The van der Waals surface area contributed by atoms with E-state index in [1.165, 1.54) is 5.56 Å². The van der Waals surface area contributed by atoms with E-state index in [1.54, 1.807) is 11.1 Å². The maximum absolute atomic E-state index is 12.6. The van der Waals surface area contributed by atoms with Gasteiger partial charge in [0.25, 0.3) is 0 Å². The van der Waals surface area contributed by atoms with Crippen LogP contribution in [-0.2, 0) is 6.42 Å². The number of fused-ring (bicyclic) bond motifs is 1. The van der Waals surface area contributed by atoms with Gasteiger partial charge in [-0.2, -0.15) is 5.10 Å². The van der Waals surface area contributed by atoms with Gasteiger partial charge in [0.15, 0.2) is 5.75 Å². The van der Waals surface area contributed by atoms with Crippen molar-refractivity contribution >= 4 is 11.8 Å². The highest BCUT2D eigenvalue weighted by atomic mass is 16.6. The molecule has 1 amide bonds. The zero-order valence-corrected chi connectivity index (χ0v) is 13.6. The van der Waals surface area contributed by atoms with E-state index in [0.29, 0.717) is 18.3 Å². The van der Waals surface area contributed by atoms with E-state index in [4.69, 9.17) is 4.74 Å². The highest BCUT2D eigenvalue weighted by molar-refractivity contribution is 5.90. The molecule has 2 aliphatic heterocycles. The zero-order valence-electron chi connectivity index (χ0n) is 13.6. The molecular formula is C18H22N4O2. The molecule has 3 heterocycles. The maximum atomic E-state index is 12.6. The molecule has 1 saturated heterocycles. The molecule has 0 saturated carbocycles. The largest absolute Gasteiger partial charge is 0.419 e. The number of hydrogen-bond acceptors (Lipinski definition) is 4. The Hall–Kier alpha value is -2.34. The number of benzene rings is 1. The first-order chi connectivity index (χ1) is 11.8. The highest BCUT2D eigenvalue weighted by Gasteiger charge is 2.24. The average molecular weight is 326 g/mol. The fourth-order valence-electron chi connectivity index (χ4n) is 3.52. The van der Waals surface area contributed by atoms with Gasteiger partial charge in [-0.1, -0.05) is 18.2 Å². The second kappa shape index (κ2) is 6.65. The molecule has 126 valence electrons. The van der Waals surface area contributed by atoms with Crippen LogP contribution in [0.1, 0.15) is 30.9 Å². The Morgan fingerprint density at radius 3 is 2.96 bits per heavy atom. The lowest BCUT2D eigenvalue weighted by molar-refractivity contribution is 0.207. The Morgan fingerprint density at radius 1 is 1.25 bits per heavy atom. The number of ether oxygens (including phenoxy) is 1. The Kier molecular flexibility index (Phi) is 4.21. The van der Waals surface area contributed by atoms with E-state index in [-0.39, 0.29) is 6.09 Å². The Labute approximate surface area is 141 Å². The first kappa shape index (κ1) is 15.2. The molecule has 0 atom stereocenters. The van der Waals surface area contributed by atoms with Crippen molar-refractivity contribution < 1.29 is 9.53 Å². The van der Waals surface area contributed by atoms with Crippen molar-refractivity contribution in [1.29, 1.82) is 0 Å². The van der Waals surface area contributed by atoms with E-state index < -0.39 is 0 Å². The van der Waals surface area contributed by atoms with E-state index in [2.05, 4.69) is 16.5 Å². The summed E-state index contributed by atoms with van der Waals surface area (Å²) in [5, 5.41) is 7.72. The highest BCUT2D eigenvalue weighted by Crippen LogP contribution is 2.28. The molecular weight excluding hydrogens is 304 g/mol. The Balaban J connectivity index is 1.46. The molecule has 1 fully saturated rings. The van der Waals surface area contributed by atoms with Crippen LogP contribution in [0.3, 0.4) is 0 Å². The van der Waals surface area contributed by atoms with Crippen molar-refractivity contribution in [3.63, 3.8) is 0 Å². The molecule has 1 aromatic carbocycles. The van der Waals surface area contributed by atoms with Crippen LogP contribution in [-0.4, -0.2) is 35.5 Å². The van der Waals surface area contributed by atoms with Crippen molar-refractivity contribution in [1.82, 2.24) is 15.1 Å². The van der Waals surface area contributed by atoms with Gasteiger partial charge in [-0.05, 0) is 50.4 Å². The zero-order chi connectivity index (χ0) is 16.4. The van der Waals surface area contributed by atoms with Crippen molar-refractivity contribution in [2.45, 2.75) is 31.7 Å². The number of aryl methyl sites for hydroxylation is 1. The fourth-order valence-corrected chi connectivity index (χ4v) is 3.52. The number of piperidine rings is 1. The van der Waals surface area contributed by atoms with Crippen molar-refractivity contribution in [3.05, 3.63) is 42.2 Å². The molecule has 6 heteroatoms. The second-order valence-corrected chi connectivity index (χ2v) is 6.39. The molecule has 0 radical (unpaired) electrons. The lowest BCUT2D eigenvalue weighted by Gasteiger charge is -2.28.